The summed E-state index contributed by atoms with van der Waals surface area (Å²) in [6.07, 6.45) is 3.24. The van der Waals surface area contributed by atoms with Crippen LogP contribution in [0.1, 0.15) is 38.3 Å². The molecule has 2 heterocycles. The highest BCUT2D eigenvalue weighted by Gasteiger charge is 2.35. The van der Waals surface area contributed by atoms with Crippen molar-refractivity contribution in [2.75, 3.05) is 13.1 Å². The first-order valence-electron chi connectivity index (χ1n) is 6.04. The number of nitrogens with one attached hydrogen (secondary N) is 1. The first-order valence-corrected chi connectivity index (χ1v) is 7.54. The molecule has 0 spiro atoms. The third-order valence-electron chi connectivity index (χ3n) is 3.56. The minimum Gasteiger partial charge on any atom is -0.282 e. The van der Waals surface area contributed by atoms with Crippen LogP contribution in [0.3, 0.4) is 0 Å². The van der Waals surface area contributed by atoms with E-state index in [1.807, 2.05) is 13.0 Å². The van der Waals surface area contributed by atoms with Crippen LogP contribution in [0.25, 0.3) is 0 Å². The standard InChI is InChI=1S/C11H19N3O2S/c1-3-9(2)17(15,16)14-7-5-10(8-14)11-4-6-12-13-11/h4,6,9-10H,3,5,7-8H2,1-2H3,(H,12,13)/t9-,10+/m1/s1. The predicted octanol–water partition coefficient (Wildman–Crippen LogP) is 1.33. The van der Waals surface area contributed by atoms with Gasteiger partial charge < -0.3 is 0 Å². The van der Waals surface area contributed by atoms with Gasteiger partial charge in [0.2, 0.25) is 10.0 Å². The fraction of sp³-hybridized carbons (Fsp3) is 0.727. The van der Waals surface area contributed by atoms with Crippen LogP contribution in [0.5, 0.6) is 0 Å². The van der Waals surface area contributed by atoms with Gasteiger partial charge in [0.15, 0.2) is 0 Å². The molecule has 1 aromatic rings. The smallest absolute Gasteiger partial charge is 0.216 e. The van der Waals surface area contributed by atoms with Crippen molar-refractivity contribution in [3.05, 3.63) is 18.0 Å². The summed E-state index contributed by atoms with van der Waals surface area (Å²) in [7, 11) is -3.11. The molecule has 0 aliphatic carbocycles. The Morgan fingerprint density at radius 3 is 3.00 bits per heavy atom. The van der Waals surface area contributed by atoms with Crippen molar-refractivity contribution in [1.29, 1.82) is 0 Å². The third-order valence-corrected chi connectivity index (χ3v) is 5.96. The zero-order valence-electron chi connectivity index (χ0n) is 10.3. The molecule has 0 bridgehead atoms. The molecule has 1 N–H and O–H groups in total. The minimum absolute atomic E-state index is 0.260. The Kier molecular flexibility index (Phi) is 3.53. The van der Waals surface area contributed by atoms with Gasteiger partial charge in [0.05, 0.1) is 5.25 Å². The Labute approximate surface area is 102 Å². The molecule has 1 fully saturated rings. The number of H-pyrrole nitrogens is 1. The Hall–Kier alpha value is -0.880. The molecule has 1 aliphatic rings. The first-order chi connectivity index (χ1) is 8.05. The van der Waals surface area contributed by atoms with E-state index in [9.17, 15) is 8.42 Å². The molecule has 0 unspecified atom stereocenters. The van der Waals surface area contributed by atoms with Crippen molar-refractivity contribution in [2.45, 2.75) is 37.9 Å². The Morgan fingerprint density at radius 1 is 1.65 bits per heavy atom. The van der Waals surface area contributed by atoms with Crippen molar-refractivity contribution in [1.82, 2.24) is 14.5 Å². The zero-order valence-corrected chi connectivity index (χ0v) is 11.1. The molecule has 5 nitrogen and oxygen atoms in total. The highest BCUT2D eigenvalue weighted by molar-refractivity contribution is 7.89. The van der Waals surface area contributed by atoms with Crippen LogP contribution in [0.4, 0.5) is 0 Å². The maximum atomic E-state index is 12.2. The van der Waals surface area contributed by atoms with Crippen molar-refractivity contribution >= 4 is 10.0 Å². The molecule has 96 valence electrons. The van der Waals surface area contributed by atoms with Gasteiger partial charge in [-0.25, -0.2) is 12.7 Å². The number of rotatable bonds is 4. The monoisotopic (exact) mass is 257 g/mol. The lowest BCUT2D eigenvalue weighted by Gasteiger charge is -2.20. The number of aromatic nitrogens is 2. The van der Waals surface area contributed by atoms with Crippen LogP contribution in [-0.4, -0.2) is 41.3 Å². The second kappa shape index (κ2) is 4.78. The fourth-order valence-electron chi connectivity index (χ4n) is 2.17. The van der Waals surface area contributed by atoms with E-state index in [-0.39, 0.29) is 11.2 Å². The summed E-state index contributed by atoms with van der Waals surface area (Å²) in [5, 5.41) is 6.55. The first kappa shape index (κ1) is 12.6. The molecular weight excluding hydrogens is 238 g/mol. The van der Waals surface area contributed by atoms with E-state index in [1.54, 1.807) is 17.4 Å². The molecule has 1 aliphatic heterocycles. The highest BCUT2D eigenvalue weighted by Crippen LogP contribution is 2.28. The number of nitrogens with zero attached hydrogens (tertiary/aromatic N) is 2. The maximum absolute atomic E-state index is 12.2. The number of sulfonamides is 1. The Morgan fingerprint density at radius 2 is 2.41 bits per heavy atom. The van der Waals surface area contributed by atoms with E-state index in [0.29, 0.717) is 19.5 Å². The van der Waals surface area contributed by atoms with E-state index in [2.05, 4.69) is 10.2 Å². The molecule has 17 heavy (non-hydrogen) atoms. The molecule has 1 aromatic heterocycles. The summed E-state index contributed by atoms with van der Waals surface area (Å²) in [5.41, 5.74) is 1.03. The lowest BCUT2D eigenvalue weighted by Crippen LogP contribution is -2.35. The molecule has 0 amide bonds. The van der Waals surface area contributed by atoms with Gasteiger partial charge >= 0.3 is 0 Å². The molecule has 2 rings (SSSR count). The van der Waals surface area contributed by atoms with Crippen LogP contribution in [0, 0.1) is 0 Å². The van der Waals surface area contributed by atoms with E-state index in [1.165, 1.54) is 0 Å². The lowest BCUT2D eigenvalue weighted by molar-refractivity contribution is 0.461. The normalized spacial score (nSPS) is 24.0. The summed E-state index contributed by atoms with van der Waals surface area (Å²) < 4.78 is 26.0. The highest BCUT2D eigenvalue weighted by atomic mass is 32.2. The molecule has 6 heteroatoms. The van der Waals surface area contributed by atoms with Crippen molar-refractivity contribution in [2.24, 2.45) is 0 Å². The van der Waals surface area contributed by atoms with E-state index < -0.39 is 10.0 Å². The summed E-state index contributed by atoms with van der Waals surface area (Å²) in [4.78, 5) is 0. The number of hydrogen-bond acceptors (Lipinski definition) is 3. The minimum atomic E-state index is -3.11. The van der Waals surface area contributed by atoms with Crippen LogP contribution >= 0.6 is 0 Å². The summed E-state index contributed by atoms with van der Waals surface area (Å²) in [5.74, 6) is 0.260. The van der Waals surface area contributed by atoms with Crippen LogP contribution in [-0.2, 0) is 10.0 Å². The van der Waals surface area contributed by atoms with Gasteiger partial charge in [0.25, 0.3) is 0 Å². The Bertz CT molecular complexity index is 455. The van der Waals surface area contributed by atoms with Gasteiger partial charge in [-0.15, -0.1) is 0 Å². The molecular formula is C11H19N3O2S. The average Bonchev–Trinajstić information content (AvgIpc) is 2.97. The fourth-order valence-corrected chi connectivity index (χ4v) is 3.85. The SMILES string of the molecule is CC[C@@H](C)S(=O)(=O)N1CC[C@H](c2ccn[nH]2)C1. The van der Waals surface area contributed by atoms with Crippen molar-refractivity contribution in [3.63, 3.8) is 0 Å². The van der Waals surface area contributed by atoms with Gasteiger partial charge in [-0.2, -0.15) is 5.10 Å². The lowest BCUT2D eigenvalue weighted by atomic mass is 10.1. The molecule has 0 radical (unpaired) electrons. The molecule has 0 saturated carbocycles. The second-order valence-electron chi connectivity index (χ2n) is 4.62. The van der Waals surface area contributed by atoms with E-state index in [4.69, 9.17) is 0 Å². The predicted molar refractivity (Wildman–Crippen MR) is 66.2 cm³/mol. The van der Waals surface area contributed by atoms with E-state index in [0.717, 1.165) is 12.1 Å². The van der Waals surface area contributed by atoms with Crippen molar-refractivity contribution < 1.29 is 8.42 Å². The van der Waals surface area contributed by atoms with Crippen LogP contribution < -0.4 is 0 Å². The largest absolute Gasteiger partial charge is 0.282 e. The molecule has 1 saturated heterocycles. The second-order valence-corrected chi connectivity index (χ2v) is 6.97. The third kappa shape index (κ3) is 2.37. The van der Waals surface area contributed by atoms with Gasteiger partial charge in [0, 0.05) is 30.9 Å². The quantitative estimate of drug-likeness (QED) is 0.885. The number of hydrogen-bond donors (Lipinski definition) is 1. The molecule has 2 atom stereocenters. The van der Waals surface area contributed by atoms with Crippen LogP contribution in [0.15, 0.2) is 12.3 Å². The maximum Gasteiger partial charge on any atom is 0.216 e. The summed E-state index contributed by atoms with van der Waals surface area (Å²) in [6.45, 7) is 4.88. The average molecular weight is 257 g/mol. The van der Waals surface area contributed by atoms with Gasteiger partial charge in [-0.3, -0.25) is 5.10 Å². The zero-order chi connectivity index (χ0) is 12.5. The molecule has 0 aromatic carbocycles. The summed E-state index contributed by atoms with van der Waals surface area (Å²) in [6, 6.07) is 1.92. The van der Waals surface area contributed by atoms with E-state index >= 15 is 0 Å². The Balaban J connectivity index is 2.08. The number of aromatic amines is 1. The van der Waals surface area contributed by atoms with Gasteiger partial charge in [-0.05, 0) is 25.8 Å². The summed E-state index contributed by atoms with van der Waals surface area (Å²) >= 11 is 0. The van der Waals surface area contributed by atoms with Crippen LogP contribution in [0.2, 0.25) is 0 Å². The van der Waals surface area contributed by atoms with Crippen molar-refractivity contribution in [3.8, 4) is 0 Å². The van der Waals surface area contributed by atoms with Gasteiger partial charge in [-0.1, -0.05) is 6.92 Å². The topological polar surface area (TPSA) is 66.1 Å². The van der Waals surface area contributed by atoms with Gasteiger partial charge in [0.1, 0.15) is 0 Å².